The largest absolute Gasteiger partial charge is 0.384 e. The van der Waals surface area contributed by atoms with Gasteiger partial charge < -0.3 is 9.64 Å². The number of hydrogen-bond donors (Lipinski definition) is 0. The first-order valence-corrected chi connectivity index (χ1v) is 15.0. The topological polar surface area (TPSA) is 37.7 Å². The third-order valence-electron chi connectivity index (χ3n) is 8.32. The maximum atomic E-state index is 5.42. The minimum absolute atomic E-state index is 0.599. The van der Waals surface area contributed by atoms with Crippen molar-refractivity contribution in [2.75, 3.05) is 31.7 Å². The summed E-state index contributed by atoms with van der Waals surface area (Å²) in [5.74, 6) is 1.32. The van der Waals surface area contributed by atoms with Crippen molar-refractivity contribution in [3.05, 3.63) is 101 Å². The number of nitrogens with zero attached hydrogens (tertiary/aromatic N) is 3. The number of thioether (sulfide) groups is 1. The van der Waals surface area contributed by atoms with Crippen LogP contribution in [0.3, 0.4) is 0 Å². The van der Waals surface area contributed by atoms with E-state index < -0.39 is 0 Å². The zero-order chi connectivity index (χ0) is 28.8. The molecular formula is C35H43N3OS. The molecule has 2 aliphatic heterocycles. The number of ether oxygens (including phenoxy) is 1. The number of benzene rings is 1. The van der Waals surface area contributed by atoms with Gasteiger partial charge in [-0.2, -0.15) is 0 Å². The van der Waals surface area contributed by atoms with Gasteiger partial charge in [0.2, 0.25) is 0 Å². The van der Waals surface area contributed by atoms with Crippen molar-refractivity contribution in [3.8, 4) is 0 Å². The van der Waals surface area contributed by atoms with Gasteiger partial charge in [0.15, 0.2) is 0 Å². The Labute approximate surface area is 245 Å². The Hall–Kier alpha value is -3.15. The van der Waals surface area contributed by atoms with Crippen LogP contribution in [0.5, 0.6) is 0 Å². The van der Waals surface area contributed by atoms with E-state index in [0.717, 1.165) is 68.7 Å². The molecule has 2 atom stereocenters. The Balaban J connectivity index is 1.46. The SMILES string of the molecule is C=Cc1ccc(C2=C(C)C(=C)N=C2)c(C)c1SC(=C)C(=C)Cc1cc(N2CCCC(C(C)COC)CC2)ccn1. The number of aromatic nitrogens is 1. The maximum absolute atomic E-state index is 5.42. The average Bonchev–Trinajstić information content (AvgIpc) is 3.13. The number of rotatable bonds is 11. The van der Waals surface area contributed by atoms with Crippen LogP contribution >= 0.6 is 11.8 Å². The molecule has 2 unspecified atom stereocenters. The summed E-state index contributed by atoms with van der Waals surface area (Å²) in [4.78, 5) is 13.7. The van der Waals surface area contributed by atoms with E-state index in [-0.39, 0.29) is 0 Å². The van der Waals surface area contributed by atoms with Gasteiger partial charge in [-0.1, -0.05) is 63.2 Å². The number of pyridine rings is 1. The Kier molecular flexibility index (Phi) is 10.0. The van der Waals surface area contributed by atoms with E-state index in [1.54, 1.807) is 18.9 Å². The molecule has 2 aliphatic rings. The quantitative estimate of drug-likeness (QED) is 0.206. The van der Waals surface area contributed by atoms with E-state index in [0.29, 0.717) is 18.3 Å². The van der Waals surface area contributed by atoms with Gasteiger partial charge in [-0.25, -0.2) is 0 Å². The van der Waals surface area contributed by atoms with Crippen LogP contribution in [0.1, 0.15) is 55.5 Å². The third kappa shape index (κ3) is 6.76. The van der Waals surface area contributed by atoms with Crippen LogP contribution in [0.2, 0.25) is 0 Å². The van der Waals surface area contributed by atoms with Crippen molar-refractivity contribution in [2.45, 2.75) is 51.3 Å². The lowest BCUT2D eigenvalue weighted by molar-refractivity contribution is 0.125. The second kappa shape index (κ2) is 13.5. The predicted octanol–water partition coefficient (Wildman–Crippen LogP) is 8.70. The van der Waals surface area contributed by atoms with E-state index in [2.05, 4.69) is 86.2 Å². The lowest BCUT2D eigenvalue weighted by atomic mass is 9.88. The van der Waals surface area contributed by atoms with Crippen LogP contribution in [-0.4, -0.2) is 38.0 Å². The van der Waals surface area contributed by atoms with E-state index in [1.165, 1.54) is 30.5 Å². The van der Waals surface area contributed by atoms with Crippen LogP contribution in [0.25, 0.3) is 11.6 Å². The lowest BCUT2D eigenvalue weighted by Gasteiger charge is -2.24. The molecular weight excluding hydrogens is 510 g/mol. The minimum atomic E-state index is 0.599. The summed E-state index contributed by atoms with van der Waals surface area (Å²) in [6, 6.07) is 8.63. The molecule has 0 bridgehead atoms. The molecule has 4 rings (SSSR count). The number of allylic oxidation sites excluding steroid dienone is 3. The summed E-state index contributed by atoms with van der Waals surface area (Å²) in [6.45, 7) is 26.5. The first-order chi connectivity index (χ1) is 19.2. The van der Waals surface area contributed by atoms with Crippen molar-refractivity contribution in [1.82, 2.24) is 4.98 Å². The fourth-order valence-corrected chi connectivity index (χ4v) is 6.68. The van der Waals surface area contributed by atoms with Crippen molar-refractivity contribution in [3.63, 3.8) is 0 Å². The van der Waals surface area contributed by atoms with Crippen molar-refractivity contribution >= 4 is 35.3 Å². The van der Waals surface area contributed by atoms with E-state index in [9.17, 15) is 0 Å². The Morgan fingerprint density at radius 3 is 2.70 bits per heavy atom. The van der Waals surface area contributed by atoms with Crippen LogP contribution in [0.4, 0.5) is 5.69 Å². The fourth-order valence-electron chi connectivity index (χ4n) is 5.68. The van der Waals surface area contributed by atoms with Crippen LogP contribution in [0, 0.1) is 18.8 Å². The average molecular weight is 554 g/mol. The van der Waals surface area contributed by atoms with Gasteiger partial charge in [0.1, 0.15) is 0 Å². The summed E-state index contributed by atoms with van der Waals surface area (Å²) >= 11 is 1.66. The smallest absolute Gasteiger partial charge is 0.0594 e. The molecule has 0 aliphatic carbocycles. The molecule has 1 fully saturated rings. The molecule has 0 N–H and O–H groups in total. The lowest BCUT2D eigenvalue weighted by Crippen LogP contribution is -2.25. The molecule has 5 heteroatoms. The first-order valence-electron chi connectivity index (χ1n) is 14.2. The highest BCUT2D eigenvalue weighted by Gasteiger charge is 2.23. The molecule has 3 heterocycles. The molecule has 40 heavy (non-hydrogen) atoms. The summed E-state index contributed by atoms with van der Waals surface area (Å²) in [5.41, 5.74) is 9.75. The van der Waals surface area contributed by atoms with Crippen molar-refractivity contribution in [1.29, 1.82) is 0 Å². The van der Waals surface area contributed by atoms with E-state index in [4.69, 9.17) is 4.74 Å². The molecule has 2 aromatic rings. The van der Waals surface area contributed by atoms with Gasteiger partial charge in [0, 0.05) is 72.4 Å². The molecule has 1 saturated heterocycles. The number of aliphatic imine (C=N–C) groups is 1. The normalized spacial score (nSPS) is 18.1. The predicted molar refractivity (Wildman–Crippen MR) is 174 cm³/mol. The van der Waals surface area contributed by atoms with Gasteiger partial charge in [-0.15, -0.1) is 0 Å². The summed E-state index contributed by atoms with van der Waals surface area (Å²) in [5, 5.41) is 0. The monoisotopic (exact) mass is 553 g/mol. The highest BCUT2D eigenvalue weighted by atomic mass is 32.2. The minimum Gasteiger partial charge on any atom is -0.384 e. The number of hydrogen-bond acceptors (Lipinski definition) is 5. The molecule has 0 radical (unpaired) electrons. The molecule has 0 spiro atoms. The number of anilines is 1. The molecule has 1 aromatic carbocycles. The fraction of sp³-hybridized carbons (Fsp3) is 0.371. The molecule has 4 nitrogen and oxygen atoms in total. The highest BCUT2D eigenvalue weighted by molar-refractivity contribution is 8.03. The van der Waals surface area contributed by atoms with Gasteiger partial charge in [-0.3, -0.25) is 9.98 Å². The molecule has 0 saturated carbocycles. The van der Waals surface area contributed by atoms with Gasteiger partial charge >= 0.3 is 0 Å². The second-order valence-corrected chi connectivity index (χ2v) is 12.1. The Morgan fingerprint density at radius 1 is 1.20 bits per heavy atom. The summed E-state index contributed by atoms with van der Waals surface area (Å²) in [7, 11) is 1.80. The standard InChI is InChI=1S/C35H43N3OS/c1-9-29-12-13-33(34-21-37-27(6)25(34)4)26(5)35(29)40-28(7)23(2)19-31-20-32(14-16-36-31)38-17-10-11-30(15-18-38)24(3)22-39-8/h9,12-14,16,20-21,24,30H,1-2,6-7,10-11,15,17-19,22H2,3-5,8H3. The van der Waals surface area contributed by atoms with E-state index >= 15 is 0 Å². The van der Waals surface area contributed by atoms with Crippen molar-refractivity contribution < 1.29 is 4.74 Å². The van der Waals surface area contributed by atoms with Gasteiger partial charge in [0.05, 0.1) is 5.70 Å². The van der Waals surface area contributed by atoms with Gasteiger partial charge in [-0.05, 0) is 84.9 Å². The summed E-state index contributed by atoms with van der Waals surface area (Å²) < 4.78 is 5.42. The summed E-state index contributed by atoms with van der Waals surface area (Å²) in [6.07, 6.45) is 10.1. The molecule has 210 valence electrons. The highest BCUT2D eigenvalue weighted by Crippen LogP contribution is 2.40. The van der Waals surface area contributed by atoms with Crippen LogP contribution < -0.4 is 4.90 Å². The maximum Gasteiger partial charge on any atom is 0.0594 e. The number of methoxy groups -OCH3 is 1. The van der Waals surface area contributed by atoms with Crippen LogP contribution in [0.15, 0.2) is 88.4 Å². The van der Waals surface area contributed by atoms with Crippen LogP contribution in [-0.2, 0) is 11.2 Å². The molecule has 0 amide bonds. The molecule has 1 aromatic heterocycles. The second-order valence-electron chi connectivity index (χ2n) is 11.0. The first kappa shape index (κ1) is 29.8. The van der Waals surface area contributed by atoms with E-state index in [1.807, 2.05) is 18.5 Å². The Bertz CT molecular complexity index is 1370. The Morgan fingerprint density at radius 2 is 2.00 bits per heavy atom. The zero-order valence-corrected chi connectivity index (χ0v) is 25.4. The third-order valence-corrected chi connectivity index (χ3v) is 9.60. The van der Waals surface area contributed by atoms with Gasteiger partial charge in [0.25, 0.3) is 0 Å². The van der Waals surface area contributed by atoms with Crippen molar-refractivity contribution in [2.24, 2.45) is 16.8 Å². The zero-order valence-electron chi connectivity index (χ0n) is 24.6.